The van der Waals surface area contributed by atoms with Gasteiger partial charge in [-0.05, 0) is 57.7 Å². The zero-order valence-electron chi connectivity index (χ0n) is 17.3. The van der Waals surface area contributed by atoms with Crippen LogP contribution in [0.25, 0.3) is 11.0 Å². The highest BCUT2D eigenvalue weighted by atomic mass is 16.6. The summed E-state index contributed by atoms with van der Waals surface area (Å²) in [5.74, 6) is 0.263. The molecule has 0 spiro atoms. The van der Waals surface area contributed by atoms with Gasteiger partial charge in [0, 0.05) is 23.8 Å². The average molecular weight is 384 g/mol. The maximum Gasteiger partial charge on any atom is 0.420 e. The Morgan fingerprint density at radius 2 is 1.96 bits per heavy atom. The molecule has 1 aliphatic rings. The number of aromatic nitrogens is 2. The van der Waals surface area contributed by atoms with Crippen LogP contribution in [0.1, 0.15) is 76.2 Å². The van der Waals surface area contributed by atoms with Gasteiger partial charge in [0.25, 0.3) is 0 Å². The van der Waals surface area contributed by atoms with E-state index in [1.807, 2.05) is 34.6 Å². The molecule has 2 aromatic rings. The molecule has 1 unspecified atom stereocenters. The predicted molar refractivity (Wildman–Crippen MR) is 107 cm³/mol. The van der Waals surface area contributed by atoms with Gasteiger partial charge < -0.3 is 4.74 Å². The largest absolute Gasteiger partial charge is 0.443 e. The van der Waals surface area contributed by atoms with Gasteiger partial charge in [0.2, 0.25) is 0 Å². The van der Waals surface area contributed by atoms with E-state index in [4.69, 9.17) is 4.74 Å². The normalized spacial score (nSPS) is 19.1. The molecule has 1 aromatic carbocycles. The molecule has 28 heavy (non-hydrogen) atoms. The fraction of sp³-hybridized carbons (Fsp3) is 0.545. The van der Waals surface area contributed by atoms with Crippen LogP contribution in [0.4, 0.5) is 4.79 Å². The second kappa shape index (κ2) is 7.15. The first-order chi connectivity index (χ1) is 13.1. The summed E-state index contributed by atoms with van der Waals surface area (Å²) < 4.78 is 6.84. The third kappa shape index (κ3) is 3.48. The highest BCUT2D eigenvalue weighted by Gasteiger charge is 2.45. The van der Waals surface area contributed by atoms with Crippen molar-refractivity contribution >= 4 is 28.7 Å². The molecular formula is C22H28N2O4. The first-order valence-corrected chi connectivity index (χ1v) is 9.90. The molecule has 6 heteroatoms. The lowest BCUT2D eigenvalue weighted by molar-refractivity contribution is -0.119. The van der Waals surface area contributed by atoms with Crippen molar-refractivity contribution in [3.8, 4) is 0 Å². The Bertz CT molecular complexity index is 951. The number of Topliss-reactive ketones (excluding diaryl/α,β-unsaturated/α-hetero) is 2. The van der Waals surface area contributed by atoms with Gasteiger partial charge >= 0.3 is 6.09 Å². The van der Waals surface area contributed by atoms with E-state index in [1.165, 1.54) is 10.9 Å². The zero-order valence-corrected chi connectivity index (χ0v) is 17.3. The molecule has 3 rings (SSSR count). The number of hydrogen-bond donors (Lipinski definition) is 0. The summed E-state index contributed by atoms with van der Waals surface area (Å²) in [4.78, 5) is 41.9. The van der Waals surface area contributed by atoms with Crippen molar-refractivity contribution in [2.75, 3.05) is 0 Å². The SMILES string of the molecule is CCC(=O)CCC1(CC)Cc2c(ccc3c2ncn3C(=O)OC(C)(C)C)C1=O. The molecule has 0 saturated carbocycles. The number of rotatable bonds is 5. The molecule has 0 bridgehead atoms. The lowest BCUT2D eigenvalue weighted by Gasteiger charge is -2.25. The number of ether oxygens (including phenoxy) is 1. The molecule has 1 heterocycles. The topological polar surface area (TPSA) is 78.3 Å². The minimum Gasteiger partial charge on any atom is -0.443 e. The van der Waals surface area contributed by atoms with Crippen LogP contribution in [-0.2, 0) is 16.0 Å². The van der Waals surface area contributed by atoms with Gasteiger partial charge in [0.1, 0.15) is 17.7 Å². The molecule has 0 N–H and O–H groups in total. The number of hydrogen-bond acceptors (Lipinski definition) is 5. The van der Waals surface area contributed by atoms with Crippen molar-refractivity contribution in [3.63, 3.8) is 0 Å². The summed E-state index contributed by atoms with van der Waals surface area (Å²) in [6, 6.07) is 3.54. The Kier molecular flexibility index (Phi) is 5.17. The summed E-state index contributed by atoms with van der Waals surface area (Å²) in [6.45, 7) is 9.28. The third-order valence-electron chi connectivity index (χ3n) is 5.61. The van der Waals surface area contributed by atoms with Crippen molar-refractivity contribution in [1.82, 2.24) is 9.55 Å². The van der Waals surface area contributed by atoms with Crippen molar-refractivity contribution < 1.29 is 19.1 Å². The van der Waals surface area contributed by atoms with E-state index in [-0.39, 0.29) is 11.6 Å². The summed E-state index contributed by atoms with van der Waals surface area (Å²) in [6.07, 6.45) is 3.65. The van der Waals surface area contributed by atoms with Gasteiger partial charge in [-0.15, -0.1) is 0 Å². The molecule has 1 aliphatic carbocycles. The van der Waals surface area contributed by atoms with Gasteiger partial charge in [0.15, 0.2) is 5.78 Å². The minimum absolute atomic E-state index is 0.0858. The predicted octanol–water partition coefficient (Wildman–Crippen LogP) is 4.71. The summed E-state index contributed by atoms with van der Waals surface area (Å²) in [5, 5.41) is 0. The van der Waals surface area contributed by atoms with E-state index in [9.17, 15) is 14.4 Å². The highest BCUT2D eigenvalue weighted by molar-refractivity contribution is 6.09. The highest BCUT2D eigenvalue weighted by Crippen LogP contribution is 2.45. The number of carbonyl (C=O) groups excluding carboxylic acids is 3. The molecular weight excluding hydrogens is 356 g/mol. The van der Waals surface area contributed by atoms with E-state index in [0.717, 1.165) is 5.56 Å². The van der Waals surface area contributed by atoms with Gasteiger partial charge in [-0.2, -0.15) is 0 Å². The van der Waals surface area contributed by atoms with Crippen LogP contribution in [0.3, 0.4) is 0 Å². The first kappa shape index (κ1) is 20.2. The zero-order chi connectivity index (χ0) is 20.7. The molecule has 0 amide bonds. The minimum atomic E-state index is -0.608. The standard InChI is InChI=1S/C22H28N2O4/c1-6-14(25)10-11-22(7-2)12-16-15(19(22)26)8-9-17-18(16)23-13-24(17)20(27)28-21(3,4)5/h8-9,13H,6-7,10-12H2,1-5H3. The first-order valence-electron chi connectivity index (χ1n) is 9.90. The second-order valence-corrected chi connectivity index (χ2v) is 8.59. The Balaban J connectivity index is 1.98. The lowest BCUT2D eigenvalue weighted by Crippen LogP contribution is -2.28. The van der Waals surface area contributed by atoms with Crippen LogP contribution in [0.2, 0.25) is 0 Å². The smallest absolute Gasteiger partial charge is 0.420 e. The fourth-order valence-electron chi connectivity index (χ4n) is 3.91. The van der Waals surface area contributed by atoms with Crippen LogP contribution < -0.4 is 0 Å². The van der Waals surface area contributed by atoms with Crippen molar-refractivity contribution in [1.29, 1.82) is 0 Å². The van der Waals surface area contributed by atoms with Crippen molar-refractivity contribution in [2.24, 2.45) is 5.41 Å². The molecule has 1 atom stereocenters. The number of nitrogens with zero attached hydrogens (tertiary/aromatic N) is 2. The Morgan fingerprint density at radius 3 is 2.57 bits per heavy atom. The Labute approximate surface area is 165 Å². The lowest BCUT2D eigenvalue weighted by atomic mass is 9.76. The molecule has 150 valence electrons. The monoisotopic (exact) mass is 384 g/mol. The van der Waals surface area contributed by atoms with E-state index in [1.54, 1.807) is 12.1 Å². The van der Waals surface area contributed by atoms with Crippen LogP contribution in [-0.4, -0.2) is 32.8 Å². The van der Waals surface area contributed by atoms with E-state index < -0.39 is 17.1 Å². The third-order valence-corrected chi connectivity index (χ3v) is 5.61. The molecule has 0 radical (unpaired) electrons. The van der Waals surface area contributed by atoms with Gasteiger partial charge in [0.05, 0.1) is 11.0 Å². The molecule has 0 fully saturated rings. The van der Waals surface area contributed by atoms with Gasteiger partial charge in [-0.25, -0.2) is 14.3 Å². The fourth-order valence-corrected chi connectivity index (χ4v) is 3.91. The van der Waals surface area contributed by atoms with Crippen LogP contribution in [0, 0.1) is 5.41 Å². The Morgan fingerprint density at radius 1 is 1.25 bits per heavy atom. The number of ketones is 2. The van der Waals surface area contributed by atoms with Crippen molar-refractivity contribution in [3.05, 3.63) is 29.6 Å². The van der Waals surface area contributed by atoms with Gasteiger partial charge in [-0.3, -0.25) is 9.59 Å². The van der Waals surface area contributed by atoms with Crippen LogP contribution >= 0.6 is 0 Å². The maximum absolute atomic E-state index is 13.2. The summed E-state index contributed by atoms with van der Waals surface area (Å²) in [7, 11) is 0. The van der Waals surface area contributed by atoms with Gasteiger partial charge in [-0.1, -0.05) is 13.8 Å². The van der Waals surface area contributed by atoms with Crippen LogP contribution in [0.5, 0.6) is 0 Å². The van der Waals surface area contributed by atoms with Crippen molar-refractivity contribution in [2.45, 2.75) is 72.3 Å². The van der Waals surface area contributed by atoms with Crippen LogP contribution in [0.15, 0.2) is 18.5 Å². The maximum atomic E-state index is 13.2. The van der Waals surface area contributed by atoms with E-state index in [2.05, 4.69) is 4.98 Å². The average Bonchev–Trinajstić information content (AvgIpc) is 3.18. The molecule has 0 aliphatic heterocycles. The number of carbonyl (C=O) groups is 3. The quantitative estimate of drug-likeness (QED) is 0.746. The molecule has 1 aromatic heterocycles. The summed E-state index contributed by atoms with van der Waals surface area (Å²) in [5.41, 5.74) is 1.66. The number of imidazole rings is 1. The second-order valence-electron chi connectivity index (χ2n) is 8.59. The number of benzene rings is 1. The molecule has 0 saturated heterocycles. The van der Waals surface area contributed by atoms with E-state index >= 15 is 0 Å². The number of fused-ring (bicyclic) bond motifs is 3. The van der Waals surface area contributed by atoms with E-state index in [0.29, 0.717) is 48.7 Å². The molecule has 6 nitrogen and oxygen atoms in total. The Hall–Kier alpha value is -2.50. The summed E-state index contributed by atoms with van der Waals surface area (Å²) >= 11 is 0.